The summed E-state index contributed by atoms with van der Waals surface area (Å²) in [5, 5.41) is 2.21. The van der Waals surface area contributed by atoms with Crippen molar-refractivity contribution in [2.45, 2.75) is 14.6 Å². The minimum absolute atomic E-state index is 0.00531. The highest BCUT2D eigenvalue weighted by Gasteiger charge is 2.27. The summed E-state index contributed by atoms with van der Waals surface area (Å²) in [5.41, 5.74) is 0.413. The molecule has 0 radical (unpaired) electrons. The minimum Gasteiger partial charge on any atom is -0.424 e. The van der Waals surface area contributed by atoms with Gasteiger partial charge in [0.05, 0.1) is 18.1 Å². The number of carbonyl (C=O) groups is 2. The molecule has 0 atom stereocenters. The molecule has 1 aromatic carbocycles. The maximum atomic E-state index is 13.5. The van der Waals surface area contributed by atoms with Crippen LogP contribution in [-0.4, -0.2) is 36.2 Å². The summed E-state index contributed by atoms with van der Waals surface area (Å²) in [6.45, 7) is 0.233. The molecular weight excluding hydrogens is 493 g/mol. The second-order valence-electron chi connectivity index (χ2n) is 5.24. The molecule has 2 heterocycles. The lowest BCUT2D eigenvalue weighted by Gasteiger charge is -2.25. The molecule has 1 fully saturated rings. The van der Waals surface area contributed by atoms with Crippen LogP contribution in [0.25, 0.3) is 0 Å². The van der Waals surface area contributed by atoms with E-state index in [1.807, 2.05) is 0 Å². The van der Waals surface area contributed by atoms with Crippen LogP contribution in [-0.2, 0) is 4.79 Å². The Labute approximate surface area is 167 Å². The highest BCUT2D eigenvalue weighted by molar-refractivity contribution is 14.2. The molecular formula is C16H13F2IN4O3S. The van der Waals surface area contributed by atoms with Crippen molar-refractivity contribution in [3.63, 3.8) is 0 Å². The predicted molar refractivity (Wildman–Crippen MR) is 106 cm³/mol. The van der Waals surface area contributed by atoms with Crippen molar-refractivity contribution in [2.75, 3.05) is 11.4 Å². The van der Waals surface area contributed by atoms with E-state index in [9.17, 15) is 18.4 Å². The van der Waals surface area contributed by atoms with Crippen molar-refractivity contribution < 1.29 is 23.1 Å². The Hall–Kier alpha value is -2.15. The molecule has 0 spiro atoms. The van der Waals surface area contributed by atoms with Gasteiger partial charge in [-0.2, -0.15) is 8.78 Å². The number of aromatic nitrogens is 2. The van der Waals surface area contributed by atoms with Gasteiger partial charge in [-0.3, -0.25) is 15.0 Å². The van der Waals surface area contributed by atoms with Crippen LogP contribution in [0.1, 0.15) is 6.42 Å². The first-order valence-electron chi connectivity index (χ1n) is 7.54. The van der Waals surface area contributed by atoms with E-state index in [1.165, 1.54) is 23.4 Å². The van der Waals surface area contributed by atoms with Crippen LogP contribution in [0.15, 0.2) is 41.6 Å². The molecule has 1 aromatic heterocycles. The first-order chi connectivity index (χ1) is 12.9. The fourth-order valence-electron chi connectivity index (χ4n) is 2.18. The molecule has 0 bridgehead atoms. The molecule has 142 valence electrons. The number of nitrogens with zero attached hydrogens (tertiary/aromatic N) is 3. The largest absolute Gasteiger partial charge is 0.424 e. The zero-order chi connectivity index (χ0) is 19.4. The van der Waals surface area contributed by atoms with E-state index in [2.05, 4.69) is 19.8 Å². The van der Waals surface area contributed by atoms with E-state index in [4.69, 9.17) is 4.74 Å². The van der Waals surface area contributed by atoms with Crippen LogP contribution in [0.2, 0.25) is 0 Å². The predicted octanol–water partition coefficient (Wildman–Crippen LogP) is 3.76. The lowest BCUT2D eigenvalue weighted by atomic mass is 10.3. The standard InChI is InChI=1S/C16H13F2IN4O3S/c1-19-16(17,18)27-12-4-2-3-11(7-12)26-14-20-8-10(9-21-14)23-6-5-13(24)22-15(23)25/h2-4,7-9H,1,5-6H2,(H,22,24,25). The van der Waals surface area contributed by atoms with Gasteiger partial charge in [-0.25, -0.2) is 14.8 Å². The van der Waals surface area contributed by atoms with Gasteiger partial charge in [-0.1, -0.05) is 10.6 Å². The summed E-state index contributed by atoms with van der Waals surface area (Å²) in [6, 6.07) is 5.69. The highest BCUT2D eigenvalue weighted by Crippen LogP contribution is 2.44. The molecule has 3 amide bonds. The molecule has 2 aromatic rings. The van der Waals surface area contributed by atoms with Gasteiger partial charge in [-0.15, -0.1) is 0 Å². The molecule has 1 aliphatic heterocycles. The number of alkyl halides is 3. The molecule has 1 saturated heterocycles. The van der Waals surface area contributed by atoms with Crippen LogP contribution in [0.5, 0.6) is 11.8 Å². The van der Waals surface area contributed by atoms with Crippen LogP contribution in [0.4, 0.5) is 19.3 Å². The van der Waals surface area contributed by atoms with Gasteiger partial charge in [-0.05, 0) is 50.7 Å². The number of benzene rings is 1. The Kier molecular flexibility index (Phi) is 5.99. The Bertz CT molecular complexity index is 882. The Morgan fingerprint density at radius 2 is 2.04 bits per heavy atom. The van der Waals surface area contributed by atoms with Crippen molar-refractivity contribution in [3.8, 4) is 11.8 Å². The van der Waals surface area contributed by atoms with Gasteiger partial charge in [0, 0.05) is 17.9 Å². The second-order valence-corrected chi connectivity index (χ2v) is 9.28. The normalized spacial score (nSPS) is 14.8. The third kappa shape index (κ3) is 5.19. The van der Waals surface area contributed by atoms with Crippen molar-refractivity contribution in [1.29, 1.82) is 0 Å². The second kappa shape index (κ2) is 8.25. The lowest BCUT2D eigenvalue weighted by Crippen LogP contribution is -2.49. The van der Waals surface area contributed by atoms with Crippen molar-refractivity contribution in [3.05, 3.63) is 36.7 Å². The van der Waals surface area contributed by atoms with Crippen molar-refractivity contribution in [2.24, 2.45) is 0 Å². The van der Waals surface area contributed by atoms with Gasteiger partial charge in [0.1, 0.15) is 5.75 Å². The number of amides is 3. The smallest absolute Gasteiger partial charge is 0.342 e. The fourth-order valence-corrected chi connectivity index (χ4v) is 4.05. The molecule has 0 unspecified atom stereocenters. The van der Waals surface area contributed by atoms with E-state index in [0.29, 0.717) is 28.1 Å². The number of nitrogens with one attached hydrogen (secondary N) is 1. The zero-order valence-electron chi connectivity index (χ0n) is 13.7. The van der Waals surface area contributed by atoms with Crippen LogP contribution in [0.3, 0.4) is 0 Å². The van der Waals surface area contributed by atoms with Gasteiger partial charge < -0.3 is 4.74 Å². The maximum Gasteiger partial charge on any atom is 0.342 e. The zero-order valence-corrected chi connectivity index (χ0v) is 16.7. The summed E-state index contributed by atoms with van der Waals surface area (Å²) in [5.74, 6) is -0.0199. The minimum atomic E-state index is -2.86. The quantitative estimate of drug-likeness (QED) is 0.365. The van der Waals surface area contributed by atoms with Crippen molar-refractivity contribution >= 4 is 54.6 Å². The topological polar surface area (TPSA) is 84.4 Å². The number of ether oxygens (including phenoxy) is 1. The SMILES string of the molecule is C=IC(F)(F)Sc1cccc(Oc2ncc(N3CCC(=O)NC3=O)cn2)c1. The summed E-state index contributed by atoms with van der Waals surface area (Å²) < 4.78 is 33.0. The maximum absolute atomic E-state index is 13.5. The van der Waals surface area contributed by atoms with E-state index in [-0.39, 0.29) is 24.9 Å². The molecule has 0 aliphatic carbocycles. The number of rotatable bonds is 6. The van der Waals surface area contributed by atoms with Crippen LogP contribution in [0, 0.1) is 0 Å². The molecule has 27 heavy (non-hydrogen) atoms. The van der Waals surface area contributed by atoms with Crippen molar-refractivity contribution in [1.82, 2.24) is 15.3 Å². The average molecular weight is 506 g/mol. The third-order valence-corrected chi connectivity index (χ3v) is 6.39. The highest BCUT2D eigenvalue weighted by atomic mass is 127. The lowest BCUT2D eigenvalue weighted by molar-refractivity contribution is -0.120. The van der Waals surface area contributed by atoms with Gasteiger partial charge in [0.2, 0.25) is 5.91 Å². The van der Waals surface area contributed by atoms with Gasteiger partial charge in [0.15, 0.2) is 0 Å². The Morgan fingerprint density at radius 1 is 1.30 bits per heavy atom. The molecule has 0 saturated carbocycles. The van der Waals surface area contributed by atoms with Gasteiger partial charge >= 0.3 is 15.3 Å². The first kappa shape index (κ1) is 19.6. The Balaban J connectivity index is 1.69. The third-order valence-electron chi connectivity index (χ3n) is 3.38. The van der Waals surface area contributed by atoms with E-state index in [0.717, 1.165) is 0 Å². The summed E-state index contributed by atoms with van der Waals surface area (Å²) >= 11 is -1.04. The average Bonchev–Trinajstić information content (AvgIpc) is 2.63. The number of urea groups is 1. The molecule has 7 nitrogen and oxygen atoms in total. The number of halogens is 3. The monoisotopic (exact) mass is 506 g/mol. The van der Waals surface area contributed by atoms with E-state index < -0.39 is 30.0 Å². The number of hydrogen-bond acceptors (Lipinski definition) is 6. The number of imide groups is 1. The molecule has 11 heteroatoms. The molecule has 1 aliphatic rings. The van der Waals surface area contributed by atoms with Crippen LogP contribution < -0.4 is 15.0 Å². The van der Waals surface area contributed by atoms with E-state index >= 15 is 0 Å². The van der Waals surface area contributed by atoms with E-state index in [1.54, 1.807) is 18.2 Å². The number of thioether (sulfide) groups is 1. The fraction of sp³-hybridized carbons (Fsp3) is 0.188. The number of hydrogen-bond donors (Lipinski definition) is 1. The van der Waals surface area contributed by atoms with Gasteiger partial charge in [0.25, 0.3) is 0 Å². The summed E-state index contributed by atoms with van der Waals surface area (Å²) in [7, 11) is 0. The number of carbonyl (C=O) groups excluding carboxylic acids is 2. The summed E-state index contributed by atoms with van der Waals surface area (Å²) in [4.78, 5) is 32.7. The van der Waals surface area contributed by atoms with Crippen LogP contribution >= 0.6 is 32.5 Å². The number of anilines is 1. The summed E-state index contributed by atoms with van der Waals surface area (Å²) in [6.07, 6.45) is 2.96. The first-order valence-corrected chi connectivity index (χ1v) is 11.0. The molecule has 3 rings (SSSR count). The Morgan fingerprint density at radius 3 is 2.70 bits per heavy atom. The molecule has 1 N–H and O–H groups in total.